The first-order valence-electron chi connectivity index (χ1n) is 5.54. The third-order valence-electron chi connectivity index (χ3n) is 2.74. The topological polar surface area (TPSA) is 90.7 Å². The van der Waals surface area contributed by atoms with E-state index in [1.165, 1.54) is 17.2 Å². The average Bonchev–Trinajstić information content (AvgIpc) is 2.36. The van der Waals surface area contributed by atoms with E-state index in [0.717, 1.165) is 0 Å². The van der Waals surface area contributed by atoms with E-state index in [-0.39, 0.29) is 12.1 Å². The summed E-state index contributed by atoms with van der Waals surface area (Å²) in [7, 11) is 1.56. The maximum atomic E-state index is 11.2. The summed E-state index contributed by atoms with van der Waals surface area (Å²) in [6.07, 6.45) is 1.53. The number of hydrogen-bond acceptors (Lipinski definition) is 4. The summed E-state index contributed by atoms with van der Waals surface area (Å²) in [6.45, 7) is -0.250. The van der Waals surface area contributed by atoms with E-state index < -0.39 is 11.9 Å². The van der Waals surface area contributed by atoms with Gasteiger partial charge in [-0.1, -0.05) is 12.1 Å². The molecule has 0 amide bonds. The molecular formula is C13H12N2O4. The molecule has 0 aliphatic rings. The molecule has 0 aliphatic heterocycles. The zero-order valence-corrected chi connectivity index (χ0v) is 10.2. The first-order chi connectivity index (χ1) is 9.00. The summed E-state index contributed by atoms with van der Waals surface area (Å²) in [6, 6.07) is 6.58. The van der Waals surface area contributed by atoms with Gasteiger partial charge in [-0.25, -0.2) is 9.78 Å². The Morgan fingerprint density at radius 1 is 1.26 bits per heavy atom. The lowest BCUT2D eigenvalue weighted by Crippen LogP contribution is -2.26. The number of fused-ring (bicyclic) bond motifs is 1. The van der Waals surface area contributed by atoms with Crippen LogP contribution in [0.2, 0.25) is 0 Å². The van der Waals surface area contributed by atoms with Crippen molar-refractivity contribution in [2.75, 3.05) is 18.5 Å². The summed E-state index contributed by atoms with van der Waals surface area (Å²) in [4.78, 5) is 27.5. The Kier molecular flexibility index (Phi) is 3.33. The first-order valence-corrected chi connectivity index (χ1v) is 5.54. The third-order valence-corrected chi connectivity index (χ3v) is 2.74. The monoisotopic (exact) mass is 260 g/mol. The predicted octanol–water partition coefficient (Wildman–Crippen LogP) is 1.45. The highest BCUT2D eigenvalue weighted by atomic mass is 16.4. The Morgan fingerprint density at radius 2 is 2.00 bits per heavy atom. The van der Waals surface area contributed by atoms with Crippen molar-refractivity contribution in [1.82, 2.24) is 4.98 Å². The molecule has 6 nitrogen and oxygen atoms in total. The fourth-order valence-corrected chi connectivity index (χ4v) is 1.96. The van der Waals surface area contributed by atoms with E-state index in [1.807, 2.05) is 0 Å². The van der Waals surface area contributed by atoms with E-state index in [2.05, 4.69) is 4.98 Å². The largest absolute Gasteiger partial charge is 0.480 e. The number of pyridine rings is 1. The van der Waals surface area contributed by atoms with Gasteiger partial charge >= 0.3 is 11.9 Å². The molecule has 0 saturated carbocycles. The predicted molar refractivity (Wildman–Crippen MR) is 69.6 cm³/mol. The number of rotatable bonds is 4. The molecule has 2 aromatic rings. The van der Waals surface area contributed by atoms with Crippen LogP contribution in [0.4, 0.5) is 5.82 Å². The number of carbonyl (C=O) groups is 2. The van der Waals surface area contributed by atoms with Gasteiger partial charge in [0.15, 0.2) is 0 Å². The fraction of sp³-hybridized carbons (Fsp3) is 0.154. The van der Waals surface area contributed by atoms with Crippen molar-refractivity contribution < 1.29 is 19.8 Å². The number of likely N-dealkylation sites (N-methyl/N-ethyl adjacent to an activating group) is 1. The number of aliphatic carboxylic acids is 1. The molecule has 0 saturated heterocycles. The minimum Gasteiger partial charge on any atom is -0.480 e. The quantitative estimate of drug-likeness (QED) is 0.864. The fourth-order valence-electron chi connectivity index (χ4n) is 1.96. The minimum atomic E-state index is -1.07. The molecule has 0 atom stereocenters. The van der Waals surface area contributed by atoms with Gasteiger partial charge < -0.3 is 15.1 Å². The summed E-state index contributed by atoms with van der Waals surface area (Å²) in [5.41, 5.74) is 0.109. The molecule has 0 bridgehead atoms. The van der Waals surface area contributed by atoms with Gasteiger partial charge in [0.05, 0.1) is 5.56 Å². The van der Waals surface area contributed by atoms with Crippen LogP contribution in [0.3, 0.4) is 0 Å². The number of aromatic carboxylic acids is 1. The summed E-state index contributed by atoms with van der Waals surface area (Å²) in [5, 5.41) is 19.2. The highest BCUT2D eigenvalue weighted by Gasteiger charge is 2.16. The van der Waals surface area contributed by atoms with Crippen LogP contribution in [-0.4, -0.2) is 40.7 Å². The van der Waals surface area contributed by atoms with Crippen molar-refractivity contribution in [1.29, 1.82) is 0 Å². The Balaban J connectivity index is 2.67. The van der Waals surface area contributed by atoms with Gasteiger partial charge in [0, 0.05) is 18.6 Å². The number of carboxylic acid groups (broad SMARTS) is 2. The molecule has 0 fully saturated rings. The second-order valence-corrected chi connectivity index (χ2v) is 4.09. The maximum absolute atomic E-state index is 11.2. The van der Waals surface area contributed by atoms with Crippen LogP contribution < -0.4 is 4.90 Å². The number of anilines is 1. The number of aromatic nitrogens is 1. The van der Waals surface area contributed by atoms with Crippen LogP contribution in [0.25, 0.3) is 10.8 Å². The molecule has 98 valence electrons. The lowest BCUT2D eigenvalue weighted by Gasteiger charge is -2.18. The van der Waals surface area contributed by atoms with Crippen molar-refractivity contribution in [2.45, 2.75) is 0 Å². The van der Waals surface area contributed by atoms with Gasteiger partial charge in [0.25, 0.3) is 0 Å². The molecule has 1 aromatic heterocycles. The van der Waals surface area contributed by atoms with Gasteiger partial charge in [0.2, 0.25) is 0 Å². The molecule has 2 rings (SSSR count). The SMILES string of the molecule is CN(CC(=O)O)c1nccc2cccc(C(=O)O)c12. The second-order valence-electron chi connectivity index (χ2n) is 4.09. The Morgan fingerprint density at radius 3 is 2.63 bits per heavy atom. The van der Waals surface area contributed by atoms with Crippen molar-refractivity contribution in [2.24, 2.45) is 0 Å². The molecule has 1 aromatic carbocycles. The first kappa shape index (κ1) is 12.8. The minimum absolute atomic E-state index is 0.109. The Labute approximate surface area is 108 Å². The molecule has 0 aliphatic carbocycles. The van der Waals surface area contributed by atoms with E-state index >= 15 is 0 Å². The molecule has 2 N–H and O–H groups in total. The number of carboxylic acids is 2. The molecule has 0 unspecified atom stereocenters. The van der Waals surface area contributed by atoms with E-state index in [0.29, 0.717) is 16.6 Å². The lowest BCUT2D eigenvalue weighted by molar-refractivity contribution is -0.135. The molecule has 1 heterocycles. The summed E-state index contributed by atoms with van der Waals surface area (Å²) in [5.74, 6) is -1.73. The Bertz CT molecular complexity index is 649. The van der Waals surface area contributed by atoms with Crippen LogP contribution >= 0.6 is 0 Å². The van der Waals surface area contributed by atoms with Crippen LogP contribution in [0.5, 0.6) is 0 Å². The van der Waals surface area contributed by atoms with Gasteiger partial charge in [-0.15, -0.1) is 0 Å². The number of benzene rings is 1. The highest BCUT2D eigenvalue weighted by Crippen LogP contribution is 2.27. The summed E-state index contributed by atoms with van der Waals surface area (Å²) < 4.78 is 0. The van der Waals surface area contributed by atoms with Crippen molar-refractivity contribution >= 4 is 28.5 Å². The molecule has 19 heavy (non-hydrogen) atoms. The number of hydrogen-bond donors (Lipinski definition) is 2. The van der Waals surface area contributed by atoms with Gasteiger partial charge in [-0.3, -0.25) is 4.79 Å². The van der Waals surface area contributed by atoms with Crippen LogP contribution in [0.15, 0.2) is 30.5 Å². The summed E-state index contributed by atoms with van der Waals surface area (Å²) >= 11 is 0. The third kappa shape index (κ3) is 2.47. The number of nitrogens with zero attached hydrogens (tertiary/aromatic N) is 2. The molecule has 6 heteroatoms. The maximum Gasteiger partial charge on any atom is 0.336 e. The van der Waals surface area contributed by atoms with Gasteiger partial charge in [0.1, 0.15) is 12.4 Å². The highest BCUT2D eigenvalue weighted by molar-refractivity contribution is 6.08. The zero-order chi connectivity index (χ0) is 14.0. The van der Waals surface area contributed by atoms with E-state index in [9.17, 15) is 14.7 Å². The van der Waals surface area contributed by atoms with Crippen molar-refractivity contribution in [3.8, 4) is 0 Å². The van der Waals surface area contributed by atoms with E-state index in [4.69, 9.17) is 5.11 Å². The normalized spacial score (nSPS) is 10.4. The molecule has 0 radical (unpaired) electrons. The van der Waals surface area contributed by atoms with Crippen LogP contribution in [0.1, 0.15) is 10.4 Å². The van der Waals surface area contributed by atoms with Crippen molar-refractivity contribution in [3.05, 3.63) is 36.0 Å². The molecule has 0 spiro atoms. The lowest BCUT2D eigenvalue weighted by atomic mass is 10.1. The van der Waals surface area contributed by atoms with E-state index in [1.54, 1.807) is 25.2 Å². The average molecular weight is 260 g/mol. The Hall–Kier alpha value is -2.63. The van der Waals surface area contributed by atoms with Gasteiger partial charge in [-0.05, 0) is 17.5 Å². The van der Waals surface area contributed by atoms with Crippen molar-refractivity contribution in [3.63, 3.8) is 0 Å². The molecular weight excluding hydrogens is 248 g/mol. The second kappa shape index (κ2) is 4.93. The smallest absolute Gasteiger partial charge is 0.336 e. The van der Waals surface area contributed by atoms with Crippen LogP contribution in [0, 0.1) is 0 Å². The van der Waals surface area contributed by atoms with Gasteiger partial charge in [-0.2, -0.15) is 0 Å². The van der Waals surface area contributed by atoms with Crippen LogP contribution in [-0.2, 0) is 4.79 Å². The standard InChI is InChI=1S/C13H12N2O4/c1-15(7-10(16)17)12-11-8(5-6-14-12)3-2-4-9(11)13(18)19/h2-6H,7H2,1H3,(H,16,17)(H,18,19). The zero-order valence-electron chi connectivity index (χ0n) is 10.2.